The molecule has 1 N–H and O–H groups in total. The van der Waals surface area contributed by atoms with Crippen molar-refractivity contribution < 1.29 is 28.6 Å². The van der Waals surface area contributed by atoms with Gasteiger partial charge in [-0.2, -0.15) is 0 Å². The van der Waals surface area contributed by atoms with E-state index in [4.69, 9.17) is 9.47 Å². The van der Waals surface area contributed by atoms with Crippen molar-refractivity contribution in [2.24, 2.45) is 0 Å². The smallest absolute Gasteiger partial charge is 0.295 e. The van der Waals surface area contributed by atoms with Gasteiger partial charge in [0, 0.05) is 18.9 Å². The third kappa shape index (κ3) is 4.22. The van der Waals surface area contributed by atoms with Crippen LogP contribution in [0.5, 0.6) is 11.5 Å². The molecular weight excluding hydrogens is 439 g/mol. The average molecular weight is 462 g/mol. The fourth-order valence-corrected chi connectivity index (χ4v) is 4.12. The number of Topliss-reactive ketones (excluding diaryl/α,β-unsaturated/α-hetero) is 1. The summed E-state index contributed by atoms with van der Waals surface area (Å²) in [6, 6.07) is 13.4. The molecule has 1 saturated heterocycles. The summed E-state index contributed by atoms with van der Waals surface area (Å²) in [5.41, 5.74) is 1.54. The number of aliphatic hydroxyl groups excluding tert-OH is 1. The van der Waals surface area contributed by atoms with E-state index < -0.39 is 23.5 Å². The highest BCUT2D eigenvalue weighted by atomic mass is 19.1. The van der Waals surface area contributed by atoms with Crippen LogP contribution in [0.4, 0.5) is 4.39 Å². The second-order valence-electron chi connectivity index (χ2n) is 7.69. The molecule has 8 heteroatoms. The zero-order valence-corrected chi connectivity index (χ0v) is 18.7. The number of carbonyl (C=O) groups excluding carboxylic acids is 2. The van der Waals surface area contributed by atoms with Crippen molar-refractivity contribution >= 4 is 17.4 Å². The van der Waals surface area contributed by atoms with Crippen LogP contribution in [0, 0.1) is 5.82 Å². The number of benzene rings is 2. The highest BCUT2D eigenvalue weighted by molar-refractivity contribution is 6.46. The average Bonchev–Trinajstić information content (AvgIpc) is 3.12. The van der Waals surface area contributed by atoms with Gasteiger partial charge in [0.05, 0.1) is 25.8 Å². The van der Waals surface area contributed by atoms with E-state index in [2.05, 4.69) is 4.98 Å². The maximum absolute atomic E-state index is 13.3. The third-order valence-electron chi connectivity index (χ3n) is 5.78. The number of methoxy groups -OCH3 is 2. The normalized spacial score (nSPS) is 17.1. The molecule has 0 bridgehead atoms. The first-order valence-corrected chi connectivity index (χ1v) is 10.6. The topological polar surface area (TPSA) is 89.0 Å². The number of aromatic nitrogens is 1. The fraction of sp³-hybridized carbons (Fsp3) is 0.192. The first-order valence-electron chi connectivity index (χ1n) is 10.6. The lowest BCUT2D eigenvalue weighted by Gasteiger charge is -2.25. The van der Waals surface area contributed by atoms with Crippen LogP contribution >= 0.6 is 0 Å². The van der Waals surface area contributed by atoms with Gasteiger partial charge >= 0.3 is 0 Å². The van der Waals surface area contributed by atoms with Gasteiger partial charge < -0.3 is 19.5 Å². The Morgan fingerprint density at radius 3 is 2.21 bits per heavy atom. The molecule has 2 aromatic carbocycles. The summed E-state index contributed by atoms with van der Waals surface area (Å²) < 4.78 is 24.1. The molecule has 1 amide bonds. The molecule has 34 heavy (non-hydrogen) atoms. The highest BCUT2D eigenvalue weighted by Gasteiger charge is 2.46. The van der Waals surface area contributed by atoms with Crippen LogP contribution < -0.4 is 9.47 Å². The van der Waals surface area contributed by atoms with Crippen LogP contribution in [0.1, 0.15) is 22.7 Å². The van der Waals surface area contributed by atoms with Gasteiger partial charge in [-0.05, 0) is 53.9 Å². The molecular formula is C26H23FN2O5. The van der Waals surface area contributed by atoms with E-state index in [0.29, 0.717) is 23.5 Å². The number of ether oxygens (including phenoxy) is 2. The van der Waals surface area contributed by atoms with Crippen LogP contribution in [-0.2, 0) is 16.0 Å². The van der Waals surface area contributed by atoms with Crippen molar-refractivity contribution in [1.29, 1.82) is 0 Å². The Labute approximate surface area is 196 Å². The molecule has 1 atom stereocenters. The molecule has 174 valence electrons. The number of amides is 1. The zero-order valence-electron chi connectivity index (χ0n) is 18.7. The first-order chi connectivity index (χ1) is 16.5. The van der Waals surface area contributed by atoms with Crippen molar-refractivity contribution in [3.05, 3.63) is 95.1 Å². The number of hydrogen-bond acceptors (Lipinski definition) is 6. The van der Waals surface area contributed by atoms with Crippen LogP contribution in [0.3, 0.4) is 0 Å². The third-order valence-corrected chi connectivity index (χ3v) is 5.78. The quantitative estimate of drug-likeness (QED) is 0.326. The summed E-state index contributed by atoms with van der Waals surface area (Å²) in [7, 11) is 2.88. The van der Waals surface area contributed by atoms with Gasteiger partial charge in [0.1, 0.15) is 28.6 Å². The highest BCUT2D eigenvalue weighted by Crippen LogP contribution is 2.43. The van der Waals surface area contributed by atoms with Crippen molar-refractivity contribution in [3.8, 4) is 11.5 Å². The number of carbonyl (C=O) groups is 2. The fourth-order valence-electron chi connectivity index (χ4n) is 4.12. The van der Waals surface area contributed by atoms with Crippen LogP contribution in [-0.4, -0.2) is 47.4 Å². The number of halogens is 1. The van der Waals surface area contributed by atoms with E-state index in [1.807, 2.05) is 0 Å². The molecule has 0 aliphatic carbocycles. The number of ketones is 1. The standard InChI is InChI=1S/C26H23FN2O5/c1-33-19-4-3-5-20(34-2)21(19)24(30)22-23(17-10-13-28-14-11-17)29(26(32)25(22)31)15-12-16-6-8-18(27)9-7-16/h3-11,13-14,23,30H,12,15H2,1-2H3/b24-22+. The molecule has 1 unspecified atom stereocenters. The molecule has 0 saturated carbocycles. The Kier molecular flexibility index (Phi) is 6.58. The Bertz CT molecular complexity index is 1220. The SMILES string of the molecule is COc1cccc(OC)c1/C(O)=C1\C(=O)C(=O)N(CCc2ccc(F)cc2)C1c1ccncc1. The molecule has 3 aromatic rings. The van der Waals surface area contributed by atoms with Crippen LogP contribution in [0.2, 0.25) is 0 Å². The van der Waals surface area contributed by atoms with Gasteiger partial charge in [-0.1, -0.05) is 18.2 Å². The monoisotopic (exact) mass is 462 g/mol. The summed E-state index contributed by atoms with van der Waals surface area (Å²) >= 11 is 0. The lowest BCUT2D eigenvalue weighted by Crippen LogP contribution is -2.31. The summed E-state index contributed by atoms with van der Waals surface area (Å²) in [6.45, 7) is 0.184. The van der Waals surface area contributed by atoms with Gasteiger partial charge in [0.25, 0.3) is 11.7 Å². The number of hydrogen-bond donors (Lipinski definition) is 1. The van der Waals surface area contributed by atoms with Gasteiger partial charge in [0.2, 0.25) is 0 Å². The minimum absolute atomic E-state index is 0.0712. The number of nitrogens with zero attached hydrogens (tertiary/aromatic N) is 2. The molecule has 1 aliphatic rings. The summed E-state index contributed by atoms with van der Waals surface area (Å²) in [5.74, 6) is -1.71. The lowest BCUT2D eigenvalue weighted by molar-refractivity contribution is -0.139. The summed E-state index contributed by atoms with van der Waals surface area (Å²) in [4.78, 5) is 31.8. The Morgan fingerprint density at radius 1 is 1.00 bits per heavy atom. The number of likely N-dealkylation sites (tertiary alicyclic amines) is 1. The summed E-state index contributed by atoms with van der Waals surface area (Å²) in [5, 5.41) is 11.4. The maximum Gasteiger partial charge on any atom is 0.295 e. The number of aliphatic hydroxyl groups is 1. The van der Waals surface area contributed by atoms with Gasteiger partial charge in [0.15, 0.2) is 0 Å². The first kappa shape index (κ1) is 23.0. The van der Waals surface area contributed by atoms with Crippen LogP contribution in [0.25, 0.3) is 5.76 Å². The second kappa shape index (κ2) is 9.74. The molecule has 4 rings (SSSR count). The molecule has 0 spiro atoms. The zero-order chi connectivity index (χ0) is 24.2. The van der Waals surface area contributed by atoms with E-state index in [9.17, 15) is 19.1 Å². The number of pyridine rings is 1. The van der Waals surface area contributed by atoms with E-state index >= 15 is 0 Å². The Balaban J connectivity index is 1.83. The van der Waals surface area contributed by atoms with Gasteiger partial charge in [-0.3, -0.25) is 14.6 Å². The maximum atomic E-state index is 13.3. The van der Waals surface area contributed by atoms with Gasteiger partial charge in [-0.25, -0.2) is 4.39 Å². The Morgan fingerprint density at radius 2 is 1.62 bits per heavy atom. The van der Waals surface area contributed by atoms with Crippen molar-refractivity contribution in [1.82, 2.24) is 9.88 Å². The van der Waals surface area contributed by atoms with Crippen molar-refractivity contribution in [2.75, 3.05) is 20.8 Å². The minimum atomic E-state index is -0.849. The second-order valence-corrected chi connectivity index (χ2v) is 7.69. The predicted molar refractivity (Wildman–Crippen MR) is 123 cm³/mol. The molecule has 0 radical (unpaired) electrons. The van der Waals surface area contributed by atoms with E-state index in [-0.39, 0.29) is 23.5 Å². The molecule has 2 heterocycles. The van der Waals surface area contributed by atoms with Crippen molar-refractivity contribution in [3.63, 3.8) is 0 Å². The number of rotatable bonds is 7. The predicted octanol–water partition coefficient (Wildman–Crippen LogP) is 3.90. The minimum Gasteiger partial charge on any atom is -0.506 e. The summed E-state index contributed by atoms with van der Waals surface area (Å²) in [6.07, 6.45) is 3.51. The largest absolute Gasteiger partial charge is 0.506 e. The molecule has 1 aliphatic heterocycles. The van der Waals surface area contributed by atoms with E-state index in [1.165, 1.54) is 31.3 Å². The molecule has 1 fully saturated rings. The Hall–Kier alpha value is -4.20. The molecule has 7 nitrogen and oxygen atoms in total. The van der Waals surface area contributed by atoms with E-state index in [0.717, 1.165) is 5.56 Å². The van der Waals surface area contributed by atoms with Gasteiger partial charge in [-0.15, -0.1) is 0 Å². The molecule has 1 aromatic heterocycles. The van der Waals surface area contributed by atoms with Crippen molar-refractivity contribution in [2.45, 2.75) is 12.5 Å². The lowest BCUT2D eigenvalue weighted by atomic mass is 9.95. The van der Waals surface area contributed by atoms with Crippen LogP contribution in [0.15, 0.2) is 72.6 Å². The van der Waals surface area contributed by atoms with E-state index in [1.54, 1.807) is 54.9 Å².